The molecule has 4 heterocycles. The molecule has 0 aliphatic carbocycles. The number of ether oxygens (including phenoxy) is 1. The van der Waals surface area contributed by atoms with Gasteiger partial charge in [-0.2, -0.15) is 0 Å². The number of allylic oxidation sites excluding steroid dienone is 1. The molecule has 1 aromatic heterocycles. The van der Waals surface area contributed by atoms with Gasteiger partial charge in [0, 0.05) is 40.5 Å². The molecule has 1 amide bonds. The summed E-state index contributed by atoms with van der Waals surface area (Å²) in [4.78, 5) is 50.0. The number of anilines is 2. The second-order valence-corrected chi connectivity index (χ2v) is 10.7. The van der Waals surface area contributed by atoms with Crippen molar-refractivity contribution in [2.24, 2.45) is 5.92 Å². The van der Waals surface area contributed by atoms with Crippen molar-refractivity contribution in [2.45, 2.75) is 24.4 Å². The average molecular weight is 542 g/mol. The zero-order valence-corrected chi connectivity index (χ0v) is 22.6. The predicted octanol–water partition coefficient (Wildman–Crippen LogP) is 5.34. The van der Waals surface area contributed by atoms with Crippen LogP contribution in [0.3, 0.4) is 0 Å². The second kappa shape index (κ2) is 9.27. The number of carbonyl (C=O) groups excluding carboxylic acids is 3. The minimum Gasteiger partial charge on any atom is -0.497 e. The zero-order chi connectivity index (χ0) is 28.3. The monoisotopic (exact) mass is 541 g/mol. The zero-order valence-electron chi connectivity index (χ0n) is 22.6. The van der Waals surface area contributed by atoms with E-state index in [0.29, 0.717) is 22.6 Å². The van der Waals surface area contributed by atoms with Gasteiger partial charge in [-0.05, 0) is 54.5 Å². The lowest BCUT2D eigenvalue weighted by molar-refractivity contribution is -0.121. The lowest BCUT2D eigenvalue weighted by atomic mass is 9.64. The van der Waals surface area contributed by atoms with Crippen LogP contribution in [0.1, 0.15) is 38.8 Å². The van der Waals surface area contributed by atoms with Crippen LogP contribution in [0.4, 0.5) is 11.4 Å². The highest BCUT2D eigenvalue weighted by Gasteiger charge is 2.70. The van der Waals surface area contributed by atoms with Crippen molar-refractivity contribution in [3.8, 4) is 5.75 Å². The van der Waals surface area contributed by atoms with Gasteiger partial charge >= 0.3 is 0 Å². The SMILES string of the molecule is COc1cccc(C(=O)[C@@H]2[C@H](C(=O)c3ccncc3)[C@]3(C(=O)Nc4ccccc43)[C@@H]3C=C(C)c4ccccc4N23)c1. The van der Waals surface area contributed by atoms with Gasteiger partial charge in [0.15, 0.2) is 11.6 Å². The summed E-state index contributed by atoms with van der Waals surface area (Å²) in [6.07, 6.45) is 5.17. The molecule has 41 heavy (non-hydrogen) atoms. The molecule has 202 valence electrons. The number of para-hydroxylation sites is 2. The number of methoxy groups -OCH3 is 1. The third-order valence-corrected chi connectivity index (χ3v) is 8.75. The maximum atomic E-state index is 14.8. The van der Waals surface area contributed by atoms with Gasteiger partial charge in [-0.3, -0.25) is 19.4 Å². The molecule has 0 bridgehead atoms. The fourth-order valence-corrected chi connectivity index (χ4v) is 7.03. The molecule has 1 N–H and O–H groups in total. The number of aromatic nitrogens is 1. The number of nitrogens with one attached hydrogen (secondary N) is 1. The van der Waals surface area contributed by atoms with Crippen molar-refractivity contribution in [2.75, 3.05) is 17.3 Å². The van der Waals surface area contributed by atoms with Gasteiger partial charge in [-0.1, -0.05) is 54.6 Å². The third-order valence-electron chi connectivity index (χ3n) is 8.75. The Morgan fingerprint density at radius 1 is 0.902 bits per heavy atom. The Hall–Kier alpha value is -5.04. The summed E-state index contributed by atoms with van der Waals surface area (Å²) in [7, 11) is 1.55. The lowest BCUT2D eigenvalue weighted by Gasteiger charge is -2.39. The summed E-state index contributed by atoms with van der Waals surface area (Å²) in [5, 5.41) is 3.07. The molecule has 7 rings (SSSR count). The first-order valence-corrected chi connectivity index (χ1v) is 13.6. The van der Waals surface area contributed by atoms with Gasteiger partial charge in [0.05, 0.1) is 19.1 Å². The van der Waals surface area contributed by atoms with E-state index in [-0.39, 0.29) is 17.5 Å². The van der Waals surface area contributed by atoms with Crippen molar-refractivity contribution in [1.29, 1.82) is 0 Å². The first kappa shape index (κ1) is 25.0. The van der Waals surface area contributed by atoms with Crippen LogP contribution in [0.2, 0.25) is 0 Å². The van der Waals surface area contributed by atoms with Gasteiger partial charge in [0.1, 0.15) is 17.2 Å². The van der Waals surface area contributed by atoms with Crippen molar-refractivity contribution < 1.29 is 19.1 Å². The molecular weight excluding hydrogens is 514 g/mol. The molecule has 3 aliphatic rings. The van der Waals surface area contributed by atoms with E-state index in [1.54, 1.807) is 55.9 Å². The van der Waals surface area contributed by atoms with Crippen LogP contribution in [0.15, 0.2) is 103 Å². The Labute approximate surface area is 237 Å². The Balaban J connectivity index is 1.55. The summed E-state index contributed by atoms with van der Waals surface area (Å²) in [6.45, 7) is 2.01. The molecule has 1 spiro atoms. The average Bonchev–Trinajstić information content (AvgIpc) is 3.49. The number of ketones is 2. The van der Waals surface area contributed by atoms with Crippen molar-refractivity contribution >= 4 is 34.4 Å². The quantitative estimate of drug-likeness (QED) is 0.344. The van der Waals surface area contributed by atoms with Gasteiger partial charge in [-0.15, -0.1) is 0 Å². The maximum absolute atomic E-state index is 14.8. The highest BCUT2D eigenvalue weighted by molar-refractivity contribution is 6.18. The Kier molecular flexibility index (Phi) is 5.64. The van der Waals surface area contributed by atoms with Gasteiger partial charge in [0.25, 0.3) is 0 Å². The van der Waals surface area contributed by atoms with Crippen molar-refractivity contribution in [3.63, 3.8) is 0 Å². The molecule has 7 nitrogen and oxygen atoms in total. The smallest absolute Gasteiger partial charge is 0.238 e. The van der Waals surface area contributed by atoms with E-state index in [0.717, 1.165) is 22.4 Å². The topological polar surface area (TPSA) is 88.6 Å². The van der Waals surface area contributed by atoms with Crippen LogP contribution in [0.25, 0.3) is 5.57 Å². The summed E-state index contributed by atoms with van der Waals surface area (Å²) in [6, 6.07) is 24.1. The van der Waals surface area contributed by atoms with Gasteiger partial charge < -0.3 is 15.0 Å². The molecule has 3 aliphatic heterocycles. The first-order valence-electron chi connectivity index (χ1n) is 13.6. The Bertz CT molecular complexity index is 1760. The van der Waals surface area contributed by atoms with Crippen LogP contribution in [-0.4, -0.2) is 41.7 Å². The van der Waals surface area contributed by atoms with Crippen molar-refractivity contribution in [1.82, 2.24) is 4.98 Å². The molecule has 0 unspecified atom stereocenters. The minimum atomic E-state index is -1.36. The molecule has 4 atom stereocenters. The van der Waals surface area contributed by atoms with E-state index in [2.05, 4.69) is 16.4 Å². The van der Waals surface area contributed by atoms with E-state index in [4.69, 9.17) is 4.74 Å². The Morgan fingerprint density at radius 3 is 2.46 bits per heavy atom. The Morgan fingerprint density at radius 2 is 1.66 bits per heavy atom. The van der Waals surface area contributed by atoms with E-state index in [9.17, 15) is 14.4 Å². The fraction of sp³-hybridized carbons (Fsp3) is 0.176. The van der Waals surface area contributed by atoms with Crippen molar-refractivity contribution in [3.05, 3.63) is 126 Å². The molecular formula is C34H27N3O4. The van der Waals surface area contributed by atoms with E-state index in [1.807, 2.05) is 60.4 Å². The summed E-state index contributed by atoms with van der Waals surface area (Å²) >= 11 is 0. The highest BCUT2D eigenvalue weighted by Crippen LogP contribution is 2.58. The van der Waals surface area contributed by atoms with Crippen LogP contribution in [0, 0.1) is 5.92 Å². The third kappa shape index (κ3) is 3.45. The molecule has 1 fully saturated rings. The number of carbonyl (C=O) groups is 3. The van der Waals surface area contributed by atoms with E-state index >= 15 is 0 Å². The molecule has 0 saturated carbocycles. The molecule has 3 aromatic carbocycles. The maximum Gasteiger partial charge on any atom is 0.238 e. The molecule has 1 saturated heterocycles. The standard InChI is InChI=1S/C34H27N3O4/c1-20-18-28-34(25-11-4-5-12-26(25)36-33(34)40)29(31(38)21-14-16-35-17-15-21)30(37(28)27-13-6-3-10-24(20)27)32(39)22-8-7-9-23(19-22)41-2/h3-19,28-30H,1-2H3,(H,36,40)/t28-,29+,30-,34+/m0/s1. The molecule has 4 aromatic rings. The lowest BCUT2D eigenvalue weighted by Crippen LogP contribution is -2.51. The number of hydrogen-bond donors (Lipinski definition) is 1. The van der Waals surface area contributed by atoms with Crippen LogP contribution in [-0.2, 0) is 10.2 Å². The predicted molar refractivity (Wildman–Crippen MR) is 156 cm³/mol. The van der Waals surface area contributed by atoms with Crippen LogP contribution < -0.4 is 15.0 Å². The molecule has 0 radical (unpaired) electrons. The summed E-state index contributed by atoms with van der Waals surface area (Å²) in [5.74, 6) is -1.31. The largest absolute Gasteiger partial charge is 0.497 e. The van der Waals surface area contributed by atoms with Gasteiger partial charge in [0.2, 0.25) is 5.91 Å². The van der Waals surface area contributed by atoms with Crippen LogP contribution >= 0.6 is 0 Å². The number of rotatable bonds is 5. The van der Waals surface area contributed by atoms with E-state index < -0.39 is 23.4 Å². The number of Topliss-reactive ketones (excluding diaryl/α,β-unsaturated/α-hetero) is 2. The number of pyridine rings is 1. The number of hydrogen-bond acceptors (Lipinski definition) is 6. The number of nitrogens with zero attached hydrogens (tertiary/aromatic N) is 2. The highest BCUT2D eigenvalue weighted by atomic mass is 16.5. The van der Waals surface area contributed by atoms with Gasteiger partial charge in [-0.25, -0.2) is 0 Å². The minimum absolute atomic E-state index is 0.252. The van der Waals surface area contributed by atoms with E-state index in [1.165, 1.54) is 0 Å². The fourth-order valence-electron chi connectivity index (χ4n) is 7.03. The number of fused-ring (bicyclic) bond motifs is 6. The first-order chi connectivity index (χ1) is 20.0. The summed E-state index contributed by atoms with van der Waals surface area (Å²) in [5.41, 5.74) is 3.60. The van der Waals surface area contributed by atoms with Crippen LogP contribution in [0.5, 0.6) is 5.75 Å². The number of amides is 1. The molecule has 7 heteroatoms. The second-order valence-electron chi connectivity index (χ2n) is 10.7. The summed E-state index contributed by atoms with van der Waals surface area (Å²) < 4.78 is 5.43. The number of benzene rings is 3. The normalized spacial score (nSPS) is 23.8.